The van der Waals surface area contributed by atoms with Crippen molar-refractivity contribution in [3.05, 3.63) is 60.8 Å². The van der Waals surface area contributed by atoms with Crippen molar-refractivity contribution in [2.45, 2.75) is 58.0 Å². The quantitative estimate of drug-likeness (QED) is 0.372. The van der Waals surface area contributed by atoms with E-state index in [-0.39, 0.29) is 6.42 Å². The number of aliphatic hydroxyl groups excluding tert-OH is 1. The van der Waals surface area contributed by atoms with Gasteiger partial charge in [0.2, 0.25) is 0 Å². The van der Waals surface area contributed by atoms with Gasteiger partial charge in [-0.15, -0.1) is 0 Å². The summed E-state index contributed by atoms with van der Waals surface area (Å²) in [6, 6.07) is 0. The highest BCUT2D eigenvalue weighted by molar-refractivity contribution is 5.66. The Morgan fingerprint density at radius 2 is 1.48 bits per heavy atom. The molecule has 0 fully saturated rings. The molecule has 0 aromatic heterocycles. The molecule has 0 amide bonds. The molecule has 23 heavy (non-hydrogen) atoms. The van der Waals surface area contributed by atoms with Gasteiger partial charge in [-0.2, -0.15) is 0 Å². The van der Waals surface area contributed by atoms with Crippen LogP contribution in [-0.4, -0.2) is 22.3 Å². The van der Waals surface area contributed by atoms with Crippen molar-refractivity contribution in [2.24, 2.45) is 0 Å². The fourth-order valence-electron chi connectivity index (χ4n) is 1.79. The Kier molecular flexibility index (Phi) is 15.2. The monoisotopic (exact) mass is 318 g/mol. The highest BCUT2D eigenvalue weighted by Crippen LogP contribution is 2.02. The van der Waals surface area contributed by atoms with Crippen LogP contribution in [0.2, 0.25) is 0 Å². The topological polar surface area (TPSA) is 57.5 Å². The fourth-order valence-corrected chi connectivity index (χ4v) is 1.79. The molecule has 0 aliphatic heterocycles. The Hall–Kier alpha value is -1.87. The maximum Gasteiger partial charge on any atom is 0.303 e. The Balaban J connectivity index is 3.65. The lowest BCUT2D eigenvalue weighted by molar-refractivity contribution is -0.137. The fraction of sp³-hybridized carbons (Fsp3) is 0.450. The van der Waals surface area contributed by atoms with Gasteiger partial charge in [-0.05, 0) is 38.5 Å². The van der Waals surface area contributed by atoms with Crippen LogP contribution in [0.5, 0.6) is 0 Å². The molecule has 0 aromatic carbocycles. The van der Waals surface area contributed by atoms with E-state index in [1.54, 1.807) is 12.2 Å². The number of aliphatic carboxylic acids is 1. The van der Waals surface area contributed by atoms with Crippen molar-refractivity contribution in [3.8, 4) is 0 Å². The zero-order valence-corrected chi connectivity index (χ0v) is 14.1. The minimum atomic E-state index is -0.819. The molecule has 0 aliphatic carbocycles. The number of hydrogen-bond donors (Lipinski definition) is 2. The van der Waals surface area contributed by atoms with Gasteiger partial charge < -0.3 is 10.2 Å². The van der Waals surface area contributed by atoms with Crippen LogP contribution in [0.4, 0.5) is 0 Å². The van der Waals surface area contributed by atoms with E-state index in [1.165, 1.54) is 0 Å². The standard InChI is InChI=1S/C20H30O3/c1-2-3-4-5-6-7-8-9-10-11-12-13-14-16-19(21)17-15-18-20(22)23/h3-4,6-7,9-10,12-14,16,19,21H,2,5,8,11,15,17-18H2,1H3,(H,22,23)/b4-3+,7-6+,10-9+,13-12+,16-14-/t19-/m1/s1. The van der Waals surface area contributed by atoms with Crippen molar-refractivity contribution in [2.75, 3.05) is 0 Å². The molecule has 3 heteroatoms. The highest BCUT2D eigenvalue weighted by atomic mass is 16.4. The van der Waals surface area contributed by atoms with Gasteiger partial charge in [0.1, 0.15) is 0 Å². The van der Waals surface area contributed by atoms with Crippen molar-refractivity contribution in [1.82, 2.24) is 0 Å². The summed E-state index contributed by atoms with van der Waals surface area (Å²) in [5.74, 6) is -0.819. The summed E-state index contributed by atoms with van der Waals surface area (Å²) in [6.07, 6.45) is 24.7. The summed E-state index contributed by atoms with van der Waals surface area (Å²) in [5, 5.41) is 18.1. The predicted octanol–water partition coefficient (Wildman–Crippen LogP) is 4.96. The number of hydrogen-bond acceptors (Lipinski definition) is 2. The van der Waals surface area contributed by atoms with Crippen molar-refractivity contribution in [3.63, 3.8) is 0 Å². The first kappa shape index (κ1) is 21.1. The first-order chi connectivity index (χ1) is 11.2. The van der Waals surface area contributed by atoms with E-state index in [1.807, 2.05) is 12.2 Å². The molecule has 0 saturated heterocycles. The molecule has 0 rings (SSSR count). The smallest absolute Gasteiger partial charge is 0.303 e. The second-order valence-corrected chi connectivity index (χ2v) is 5.20. The van der Waals surface area contributed by atoms with Crippen LogP contribution < -0.4 is 0 Å². The van der Waals surface area contributed by atoms with Gasteiger partial charge in [-0.25, -0.2) is 0 Å². The number of rotatable bonds is 13. The molecule has 0 unspecified atom stereocenters. The molecule has 0 heterocycles. The summed E-state index contributed by atoms with van der Waals surface area (Å²) >= 11 is 0. The average Bonchev–Trinajstić information content (AvgIpc) is 2.51. The van der Waals surface area contributed by atoms with E-state index < -0.39 is 12.1 Å². The summed E-state index contributed by atoms with van der Waals surface area (Å²) < 4.78 is 0. The van der Waals surface area contributed by atoms with E-state index >= 15 is 0 Å². The number of carboxylic acids is 1. The molecular formula is C20H30O3. The van der Waals surface area contributed by atoms with E-state index in [9.17, 15) is 9.90 Å². The van der Waals surface area contributed by atoms with Crippen molar-refractivity contribution in [1.29, 1.82) is 0 Å². The van der Waals surface area contributed by atoms with Gasteiger partial charge in [0, 0.05) is 6.42 Å². The maximum atomic E-state index is 10.3. The van der Waals surface area contributed by atoms with Gasteiger partial charge in [-0.1, -0.05) is 67.7 Å². The lowest BCUT2D eigenvalue weighted by Gasteiger charge is -2.02. The normalized spacial score (nSPS) is 14.2. The van der Waals surface area contributed by atoms with Crippen LogP contribution in [0.15, 0.2) is 60.8 Å². The third-order valence-electron chi connectivity index (χ3n) is 3.02. The minimum absolute atomic E-state index is 0.106. The molecule has 0 aromatic rings. The summed E-state index contributed by atoms with van der Waals surface area (Å²) in [4.78, 5) is 10.3. The number of carboxylic acid groups (broad SMARTS) is 1. The molecule has 0 spiro atoms. The minimum Gasteiger partial charge on any atom is -0.481 e. The van der Waals surface area contributed by atoms with E-state index in [2.05, 4.69) is 43.4 Å². The Bertz CT molecular complexity index is 428. The van der Waals surface area contributed by atoms with Crippen LogP contribution in [0.1, 0.15) is 51.9 Å². The molecule has 0 radical (unpaired) electrons. The van der Waals surface area contributed by atoms with Gasteiger partial charge in [-0.3, -0.25) is 4.79 Å². The molecule has 0 saturated carbocycles. The highest BCUT2D eigenvalue weighted by Gasteiger charge is 2.01. The van der Waals surface area contributed by atoms with Crippen molar-refractivity contribution < 1.29 is 15.0 Å². The van der Waals surface area contributed by atoms with Crippen LogP contribution >= 0.6 is 0 Å². The molecule has 3 nitrogen and oxygen atoms in total. The van der Waals surface area contributed by atoms with Crippen LogP contribution in [0.3, 0.4) is 0 Å². The van der Waals surface area contributed by atoms with Gasteiger partial charge >= 0.3 is 5.97 Å². The van der Waals surface area contributed by atoms with E-state index in [4.69, 9.17) is 5.11 Å². The van der Waals surface area contributed by atoms with Crippen molar-refractivity contribution >= 4 is 5.97 Å². The zero-order valence-electron chi connectivity index (χ0n) is 14.1. The maximum absolute atomic E-state index is 10.3. The van der Waals surface area contributed by atoms with E-state index in [0.29, 0.717) is 12.8 Å². The van der Waals surface area contributed by atoms with E-state index in [0.717, 1.165) is 25.7 Å². The van der Waals surface area contributed by atoms with Crippen LogP contribution in [-0.2, 0) is 4.79 Å². The molecule has 128 valence electrons. The summed E-state index contributed by atoms with van der Waals surface area (Å²) in [5.41, 5.74) is 0. The third kappa shape index (κ3) is 18.1. The summed E-state index contributed by atoms with van der Waals surface area (Å²) in [7, 11) is 0. The molecule has 0 bridgehead atoms. The Morgan fingerprint density at radius 1 is 0.913 bits per heavy atom. The second kappa shape index (κ2) is 16.5. The molecule has 2 N–H and O–H groups in total. The first-order valence-corrected chi connectivity index (χ1v) is 8.35. The predicted molar refractivity (Wildman–Crippen MR) is 97.3 cm³/mol. The molecule has 0 aliphatic rings. The summed E-state index contributed by atoms with van der Waals surface area (Å²) in [6.45, 7) is 2.13. The largest absolute Gasteiger partial charge is 0.481 e. The Labute approximate surface area is 140 Å². The third-order valence-corrected chi connectivity index (χ3v) is 3.02. The van der Waals surface area contributed by atoms with Gasteiger partial charge in [0.15, 0.2) is 0 Å². The SMILES string of the molecule is CC/C=C/C/C=C/C/C=C/C/C=C/C=C\[C@@H](O)CCCC(=O)O. The van der Waals surface area contributed by atoms with Crippen LogP contribution in [0.25, 0.3) is 0 Å². The number of allylic oxidation sites excluding steroid dienone is 9. The first-order valence-electron chi connectivity index (χ1n) is 8.35. The Morgan fingerprint density at radius 3 is 2.04 bits per heavy atom. The number of carbonyl (C=O) groups is 1. The van der Waals surface area contributed by atoms with Gasteiger partial charge in [0.25, 0.3) is 0 Å². The average molecular weight is 318 g/mol. The molecule has 1 atom stereocenters. The second-order valence-electron chi connectivity index (χ2n) is 5.20. The lowest BCUT2D eigenvalue weighted by Crippen LogP contribution is -2.03. The lowest BCUT2D eigenvalue weighted by atomic mass is 10.1. The zero-order chi connectivity index (χ0) is 17.2. The van der Waals surface area contributed by atoms with Gasteiger partial charge in [0.05, 0.1) is 6.10 Å². The number of aliphatic hydroxyl groups is 1. The van der Waals surface area contributed by atoms with Crippen LogP contribution in [0, 0.1) is 0 Å². The molecular weight excluding hydrogens is 288 g/mol.